The van der Waals surface area contributed by atoms with Gasteiger partial charge in [0.2, 0.25) is 0 Å². The van der Waals surface area contributed by atoms with Gasteiger partial charge in [-0.2, -0.15) is 0 Å². The maximum absolute atomic E-state index is 10.7. The molecule has 0 radical (unpaired) electrons. The summed E-state index contributed by atoms with van der Waals surface area (Å²) >= 11 is 5.81. The molecule has 4 heteroatoms. The van der Waals surface area contributed by atoms with E-state index in [1.54, 1.807) is 0 Å². The Kier molecular flexibility index (Phi) is 6.01. The molecular formula is C13H14ClNaO2. The number of carboxylic acids is 1. The third kappa shape index (κ3) is 5.01. The van der Waals surface area contributed by atoms with Crippen LogP contribution < -0.4 is 34.7 Å². The minimum atomic E-state index is -0.972. The second-order valence-electron chi connectivity index (χ2n) is 4.50. The molecule has 0 aliphatic heterocycles. The number of hydrogen-bond donors (Lipinski definition) is 0. The van der Waals surface area contributed by atoms with Crippen LogP contribution in [-0.4, -0.2) is 5.97 Å². The molecule has 1 fully saturated rings. The molecule has 2 nitrogen and oxygen atoms in total. The van der Waals surface area contributed by atoms with Crippen LogP contribution in [-0.2, 0) is 4.79 Å². The number of rotatable bonds is 5. The molecule has 0 amide bonds. The quantitative estimate of drug-likeness (QED) is 0.662. The van der Waals surface area contributed by atoms with Crippen LogP contribution in [0.2, 0.25) is 5.02 Å². The van der Waals surface area contributed by atoms with E-state index in [1.807, 2.05) is 24.3 Å². The zero-order valence-electron chi connectivity index (χ0n) is 9.99. The molecule has 1 saturated carbocycles. The molecule has 1 atom stereocenters. The Labute approximate surface area is 129 Å². The van der Waals surface area contributed by atoms with Crippen LogP contribution in [0, 0.1) is 5.92 Å². The minimum absolute atomic E-state index is 0. The van der Waals surface area contributed by atoms with Crippen molar-refractivity contribution in [3.8, 4) is 0 Å². The number of aliphatic carboxylic acids is 1. The molecule has 0 spiro atoms. The van der Waals surface area contributed by atoms with Crippen molar-refractivity contribution >= 4 is 17.6 Å². The fraction of sp³-hybridized carbons (Fsp3) is 0.462. The molecule has 2 rings (SSSR count). The zero-order chi connectivity index (χ0) is 11.5. The van der Waals surface area contributed by atoms with Gasteiger partial charge in [0.25, 0.3) is 0 Å². The van der Waals surface area contributed by atoms with Crippen molar-refractivity contribution in [2.24, 2.45) is 5.92 Å². The number of carbonyl (C=O) groups excluding carboxylic acids is 1. The molecule has 0 N–H and O–H groups in total. The molecule has 1 aromatic carbocycles. The number of benzene rings is 1. The Balaban J connectivity index is 0.00000144. The van der Waals surface area contributed by atoms with Crippen molar-refractivity contribution < 1.29 is 39.5 Å². The van der Waals surface area contributed by atoms with Crippen molar-refractivity contribution in [3.05, 3.63) is 34.9 Å². The fourth-order valence-electron chi connectivity index (χ4n) is 2.03. The summed E-state index contributed by atoms with van der Waals surface area (Å²) in [5.74, 6) is -0.185. The van der Waals surface area contributed by atoms with Gasteiger partial charge in [0, 0.05) is 11.0 Å². The number of hydrogen-bond acceptors (Lipinski definition) is 2. The molecule has 1 aliphatic rings. The van der Waals surface area contributed by atoms with Crippen LogP contribution in [0.4, 0.5) is 0 Å². The summed E-state index contributed by atoms with van der Waals surface area (Å²) in [6.45, 7) is 0. The summed E-state index contributed by atoms with van der Waals surface area (Å²) in [4.78, 5) is 10.7. The monoisotopic (exact) mass is 260 g/mol. The van der Waals surface area contributed by atoms with Crippen molar-refractivity contribution in [2.45, 2.75) is 31.6 Å². The predicted molar refractivity (Wildman–Crippen MR) is 61.2 cm³/mol. The summed E-state index contributed by atoms with van der Waals surface area (Å²) in [6.07, 6.45) is 3.53. The Morgan fingerprint density at radius 1 is 1.35 bits per heavy atom. The summed E-state index contributed by atoms with van der Waals surface area (Å²) in [5.41, 5.74) is 1.06. The third-order valence-corrected chi connectivity index (χ3v) is 3.32. The first-order valence-corrected chi connectivity index (χ1v) is 5.98. The van der Waals surface area contributed by atoms with Crippen molar-refractivity contribution in [2.75, 3.05) is 0 Å². The van der Waals surface area contributed by atoms with Gasteiger partial charge in [0.15, 0.2) is 0 Å². The summed E-state index contributed by atoms with van der Waals surface area (Å²) in [5, 5.41) is 11.4. The van der Waals surface area contributed by atoms with Crippen LogP contribution in [0.5, 0.6) is 0 Å². The van der Waals surface area contributed by atoms with Gasteiger partial charge in [-0.25, -0.2) is 0 Å². The van der Waals surface area contributed by atoms with E-state index in [4.69, 9.17) is 11.6 Å². The normalized spacial score (nSPS) is 16.1. The molecule has 17 heavy (non-hydrogen) atoms. The standard InChI is InChI=1S/C13H15ClO2.Na/c14-12-5-3-10(4-6-12)11(8-13(15)16)7-9-1-2-9;/h3-6,9,11H,1-2,7-8H2,(H,15,16);/q;+1/p-1. The summed E-state index contributed by atoms with van der Waals surface area (Å²) < 4.78 is 0. The summed E-state index contributed by atoms with van der Waals surface area (Å²) in [7, 11) is 0. The van der Waals surface area contributed by atoms with Crippen LogP contribution in [0.3, 0.4) is 0 Å². The second-order valence-corrected chi connectivity index (χ2v) is 4.94. The fourth-order valence-corrected chi connectivity index (χ4v) is 2.16. The van der Waals surface area contributed by atoms with Gasteiger partial charge in [0.05, 0.1) is 0 Å². The van der Waals surface area contributed by atoms with Crippen LogP contribution in [0.25, 0.3) is 0 Å². The molecule has 0 heterocycles. The van der Waals surface area contributed by atoms with Gasteiger partial charge >= 0.3 is 29.6 Å². The SMILES string of the molecule is O=C([O-])CC(CC1CC1)c1ccc(Cl)cc1.[Na+]. The van der Waals surface area contributed by atoms with E-state index >= 15 is 0 Å². The largest absolute Gasteiger partial charge is 1.00 e. The Morgan fingerprint density at radius 2 is 1.94 bits per heavy atom. The molecule has 0 saturated heterocycles. The van der Waals surface area contributed by atoms with E-state index in [0.717, 1.165) is 12.0 Å². The number of halogens is 1. The second kappa shape index (κ2) is 6.79. The first-order valence-electron chi connectivity index (χ1n) is 5.60. The van der Waals surface area contributed by atoms with Gasteiger partial charge < -0.3 is 9.90 Å². The smallest absolute Gasteiger partial charge is 0.550 e. The molecule has 1 aromatic rings. The maximum atomic E-state index is 10.7. The molecule has 0 bridgehead atoms. The third-order valence-electron chi connectivity index (χ3n) is 3.07. The molecule has 86 valence electrons. The Morgan fingerprint density at radius 3 is 2.41 bits per heavy atom. The average Bonchev–Trinajstić information content (AvgIpc) is 3.01. The van der Waals surface area contributed by atoms with Crippen molar-refractivity contribution in [3.63, 3.8) is 0 Å². The van der Waals surface area contributed by atoms with Crippen LogP contribution in [0.15, 0.2) is 24.3 Å². The van der Waals surface area contributed by atoms with Gasteiger partial charge in [-0.15, -0.1) is 0 Å². The molecule has 1 aliphatic carbocycles. The maximum Gasteiger partial charge on any atom is 1.00 e. The van der Waals surface area contributed by atoms with Gasteiger partial charge in [0.1, 0.15) is 0 Å². The molecule has 1 unspecified atom stereocenters. The average molecular weight is 261 g/mol. The predicted octanol–water partition coefficient (Wildman–Crippen LogP) is -0.632. The van der Waals surface area contributed by atoms with Gasteiger partial charge in [-0.05, 0) is 42.4 Å². The minimum Gasteiger partial charge on any atom is -0.550 e. The van der Waals surface area contributed by atoms with E-state index < -0.39 is 5.97 Å². The Hall–Kier alpha value is -0.0200. The number of carboxylic acid groups (broad SMARTS) is 1. The number of carbonyl (C=O) groups is 1. The van der Waals surface area contributed by atoms with E-state index in [0.29, 0.717) is 10.9 Å². The zero-order valence-corrected chi connectivity index (χ0v) is 12.7. The van der Waals surface area contributed by atoms with E-state index in [1.165, 1.54) is 12.8 Å². The van der Waals surface area contributed by atoms with Crippen molar-refractivity contribution in [1.29, 1.82) is 0 Å². The molecule has 0 aromatic heterocycles. The first kappa shape index (κ1) is 15.0. The van der Waals surface area contributed by atoms with Crippen molar-refractivity contribution in [1.82, 2.24) is 0 Å². The van der Waals surface area contributed by atoms with E-state index in [9.17, 15) is 9.90 Å². The topological polar surface area (TPSA) is 40.1 Å². The van der Waals surface area contributed by atoms with Crippen LogP contribution in [0.1, 0.15) is 37.2 Å². The van der Waals surface area contributed by atoms with E-state index in [2.05, 4.69) is 0 Å². The first-order chi connectivity index (χ1) is 7.65. The van der Waals surface area contributed by atoms with Gasteiger partial charge in [-0.3, -0.25) is 0 Å². The Bertz CT molecular complexity index is 374. The molecular weight excluding hydrogens is 247 g/mol. The van der Waals surface area contributed by atoms with Crippen LogP contribution >= 0.6 is 11.6 Å². The summed E-state index contributed by atoms with van der Waals surface area (Å²) in [6, 6.07) is 7.45. The van der Waals surface area contributed by atoms with Gasteiger partial charge in [-0.1, -0.05) is 36.6 Å². The van der Waals surface area contributed by atoms with E-state index in [-0.39, 0.29) is 41.9 Å².